The van der Waals surface area contributed by atoms with Crippen LogP contribution in [0, 0.1) is 11.6 Å². The molecule has 0 N–H and O–H groups in total. The third-order valence-electron chi connectivity index (χ3n) is 3.28. The molecule has 0 unspecified atom stereocenters. The van der Waals surface area contributed by atoms with E-state index in [9.17, 15) is 13.6 Å². The largest absolute Gasteiger partial charge is 0.465 e. The van der Waals surface area contributed by atoms with Gasteiger partial charge in [-0.1, -0.05) is 6.07 Å². The number of benzene rings is 2. The summed E-state index contributed by atoms with van der Waals surface area (Å²) in [7, 11) is 1.29. The molecule has 0 spiro atoms. The minimum absolute atomic E-state index is 0.0898. The number of hydrogen-bond acceptors (Lipinski definition) is 2. The van der Waals surface area contributed by atoms with E-state index in [4.69, 9.17) is 0 Å². The van der Waals surface area contributed by atoms with Gasteiger partial charge in [-0.05, 0) is 35.7 Å². The van der Waals surface area contributed by atoms with Gasteiger partial charge in [0.2, 0.25) is 0 Å². The van der Waals surface area contributed by atoms with Gasteiger partial charge in [0, 0.05) is 12.3 Å². The van der Waals surface area contributed by atoms with Crippen LogP contribution in [-0.4, -0.2) is 17.6 Å². The third kappa shape index (κ3) is 2.27. The molecule has 0 saturated heterocycles. The SMILES string of the molecule is COC(=O)c1ccc2ccn(-c3cc(F)ccc3F)c2c1. The molecule has 3 nitrogen and oxygen atoms in total. The van der Waals surface area contributed by atoms with Crippen LogP contribution in [-0.2, 0) is 4.74 Å². The van der Waals surface area contributed by atoms with E-state index in [0.717, 1.165) is 23.6 Å². The average Bonchev–Trinajstić information content (AvgIpc) is 2.91. The molecular weight excluding hydrogens is 276 g/mol. The van der Waals surface area contributed by atoms with Crippen molar-refractivity contribution in [3.05, 3.63) is 65.9 Å². The number of halogens is 2. The fourth-order valence-electron chi connectivity index (χ4n) is 2.25. The second-order valence-electron chi connectivity index (χ2n) is 4.55. The zero-order chi connectivity index (χ0) is 15.0. The molecule has 0 amide bonds. The lowest BCUT2D eigenvalue weighted by molar-refractivity contribution is 0.0601. The quantitative estimate of drug-likeness (QED) is 0.673. The summed E-state index contributed by atoms with van der Waals surface area (Å²) in [5.41, 5.74) is 1.04. The highest BCUT2D eigenvalue weighted by Gasteiger charge is 2.12. The molecule has 3 aromatic rings. The van der Waals surface area contributed by atoms with E-state index in [2.05, 4.69) is 4.74 Å². The maximum Gasteiger partial charge on any atom is 0.337 e. The van der Waals surface area contributed by atoms with Crippen molar-refractivity contribution in [3.63, 3.8) is 0 Å². The molecule has 21 heavy (non-hydrogen) atoms. The van der Waals surface area contributed by atoms with Crippen molar-refractivity contribution in [2.45, 2.75) is 0 Å². The Morgan fingerprint density at radius 3 is 2.67 bits per heavy atom. The lowest BCUT2D eigenvalue weighted by Crippen LogP contribution is -2.02. The minimum Gasteiger partial charge on any atom is -0.465 e. The number of ether oxygens (including phenoxy) is 1. The second-order valence-corrected chi connectivity index (χ2v) is 4.55. The summed E-state index contributed by atoms with van der Waals surface area (Å²) in [4.78, 5) is 11.6. The second kappa shape index (κ2) is 5.01. The number of rotatable bonds is 2. The minimum atomic E-state index is -0.544. The Balaban J connectivity index is 2.23. The van der Waals surface area contributed by atoms with Crippen LogP contribution in [0.1, 0.15) is 10.4 Å². The van der Waals surface area contributed by atoms with E-state index in [-0.39, 0.29) is 5.69 Å². The van der Waals surface area contributed by atoms with E-state index < -0.39 is 17.6 Å². The molecule has 0 atom stereocenters. The average molecular weight is 287 g/mol. The van der Waals surface area contributed by atoms with Crippen molar-refractivity contribution in [1.29, 1.82) is 0 Å². The normalized spacial score (nSPS) is 10.8. The fourth-order valence-corrected chi connectivity index (χ4v) is 2.25. The molecule has 0 bridgehead atoms. The van der Waals surface area contributed by atoms with Gasteiger partial charge in [-0.2, -0.15) is 0 Å². The summed E-state index contributed by atoms with van der Waals surface area (Å²) in [5, 5.41) is 0.811. The van der Waals surface area contributed by atoms with Crippen LogP contribution >= 0.6 is 0 Å². The summed E-state index contributed by atoms with van der Waals surface area (Å²) in [6, 6.07) is 9.95. The number of aromatic nitrogens is 1. The number of methoxy groups -OCH3 is 1. The monoisotopic (exact) mass is 287 g/mol. The topological polar surface area (TPSA) is 31.2 Å². The first kappa shape index (κ1) is 13.3. The summed E-state index contributed by atoms with van der Waals surface area (Å²) in [6.07, 6.45) is 1.63. The zero-order valence-corrected chi connectivity index (χ0v) is 11.1. The zero-order valence-electron chi connectivity index (χ0n) is 11.1. The Labute approximate surface area is 119 Å². The Morgan fingerprint density at radius 1 is 1.10 bits per heavy atom. The van der Waals surface area contributed by atoms with Gasteiger partial charge in [-0.3, -0.25) is 0 Å². The van der Waals surface area contributed by atoms with Gasteiger partial charge in [0.15, 0.2) is 0 Å². The van der Waals surface area contributed by atoms with Crippen LogP contribution in [0.5, 0.6) is 0 Å². The summed E-state index contributed by atoms with van der Waals surface area (Å²) >= 11 is 0. The van der Waals surface area contributed by atoms with Gasteiger partial charge in [0.25, 0.3) is 0 Å². The van der Waals surface area contributed by atoms with Crippen molar-refractivity contribution in [3.8, 4) is 5.69 Å². The van der Waals surface area contributed by atoms with Crippen molar-refractivity contribution in [2.75, 3.05) is 7.11 Å². The van der Waals surface area contributed by atoms with Crippen LogP contribution in [0.25, 0.3) is 16.6 Å². The number of nitrogens with zero attached hydrogens (tertiary/aromatic N) is 1. The van der Waals surface area contributed by atoms with Crippen molar-refractivity contribution in [2.24, 2.45) is 0 Å². The molecular formula is C16H11F2NO2. The number of carbonyl (C=O) groups excluding carboxylic acids is 1. The molecule has 0 fully saturated rings. The Kier molecular flexibility index (Phi) is 3.17. The fraction of sp³-hybridized carbons (Fsp3) is 0.0625. The van der Waals surface area contributed by atoms with Gasteiger partial charge in [0.05, 0.1) is 23.9 Å². The number of esters is 1. The van der Waals surface area contributed by atoms with Gasteiger partial charge < -0.3 is 9.30 Å². The molecule has 2 aromatic carbocycles. The van der Waals surface area contributed by atoms with Gasteiger partial charge >= 0.3 is 5.97 Å². The highest BCUT2D eigenvalue weighted by molar-refractivity contribution is 5.95. The summed E-state index contributed by atoms with van der Waals surface area (Å²) in [5.74, 6) is -1.56. The maximum atomic E-state index is 13.9. The van der Waals surface area contributed by atoms with Crippen LogP contribution in [0.15, 0.2) is 48.7 Å². The smallest absolute Gasteiger partial charge is 0.337 e. The molecule has 1 heterocycles. The molecule has 5 heteroatoms. The Morgan fingerprint density at radius 2 is 1.90 bits per heavy atom. The first-order chi connectivity index (χ1) is 10.1. The van der Waals surface area contributed by atoms with Gasteiger partial charge in [-0.25, -0.2) is 13.6 Å². The first-order valence-corrected chi connectivity index (χ1v) is 6.25. The molecule has 1 aromatic heterocycles. The van der Waals surface area contributed by atoms with Gasteiger partial charge in [0.1, 0.15) is 11.6 Å². The molecule has 0 saturated carbocycles. The van der Waals surface area contributed by atoms with Gasteiger partial charge in [-0.15, -0.1) is 0 Å². The molecule has 106 valence electrons. The van der Waals surface area contributed by atoms with Crippen LogP contribution in [0.2, 0.25) is 0 Å². The lowest BCUT2D eigenvalue weighted by Gasteiger charge is -2.08. The van der Waals surface area contributed by atoms with E-state index in [1.165, 1.54) is 11.7 Å². The standard InChI is InChI=1S/C16H11F2NO2/c1-21-16(20)11-3-2-10-6-7-19(14(10)8-11)15-9-12(17)4-5-13(15)18/h2-9H,1H3. The first-order valence-electron chi connectivity index (χ1n) is 6.25. The van der Waals surface area contributed by atoms with E-state index in [0.29, 0.717) is 11.1 Å². The molecule has 0 aliphatic rings. The Hall–Kier alpha value is -2.69. The number of carbonyl (C=O) groups is 1. The lowest BCUT2D eigenvalue weighted by atomic mass is 10.1. The van der Waals surface area contributed by atoms with E-state index in [1.54, 1.807) is 30.5 Å². The maximum absolute atomic E-state index is 13.9. The number of hydrogen-bond donors (Lipinski definition) is 0. The predicted octanol–water partition coefficient (Wildman–Crippen LogP) is 3.70. The Bertz CT molecular complexity index is 839. The van der Waals surface area contributed by atoms with Crippen LogP contribution < -0.4 is 0 Å². The van der Waals surface area contributed by atoms with E-state index in [1.807, 2.05) is 0 Å². The third-order valence-corrected chi connectivity index (χ3v) is 3.28. The molecule has 0 radical (unpaired) electrons. The van der Waals surface area contributed by atoms with Crippen LogP contribution in [0.3, 0.4) is 0 Å². The van der Waals surface area contributed by atoms with Crippen molar-refractivity contribution < 1.29 is 18.3 Å². The molecule has 0 aliphatic heterocycles. The van der Waals surface area contributed by atoms with E-state index >= 15 is 0 Å². The molecule has 3 rings (SSSR count). The van der Waals surface area contributed by atoms with Crippen molar-refractivity contribution in [1.82, 2.24) is 4.57 Å². The van der Waals surface area contributed by atoms with Crippen LogP contribution in [0.4, 0.5) is 8.78 Å². The summed E-state index contributed by atoms with van der Waals surface area (Å²) < 4.78 is 33.4. The highest BCUT2D eigenvalue weighted by atomic mass is 19.1. The number of fused-ring (bicyclic) bond motifs is 1. The highest BCUT2D eigenvalue weighted by Crippen LogP contribution is 2.24. The molecule has 0 aliphatic carbocycles. The predicted molar refractivity (Wildman–Crippen MR) is 74.5 cm³/mol. The van der Waals surface area contributed by atoms with Crippen molar-refractivity contribution >= 4 is 16.9 Å². The summed E-state index contributed by atoms with van der Waals surface area (Å²) in [6.45, 7) is 0.